The van der Waals surface area contributed by atoms with E-state index in [1.807, 2.05) is 0 Å². The highest BCUT2D eigenvalue weighted by molar-refractivity contribution is 5.79. The number of quaternary nitrogens is 1. The maximum atomic E-state index is 13.4. The van der Waals surface area contributed by atoms with Crippen LogP contribution in [0, 0.1) is 33.3 Å². The predicted octanol–water partition coefficient (Wildman–Crippen LogP) is 5.13. The number of ether oxygens (including phenoxy) is 1. The zero-order chi connectivity index (χ0) is 22.4. The molecule has 0 spiro atoms. The Hall–Kier alpha value is -1.95. The fraction of sp³-hybridized carbons (Fsp3) is 0.577. The van der Waals surface area contributed by atoms with E-state index < -0.39 is 10.6 Å². The molecule has 1 aromatic rings. The summed E-state index contributed by atoms with van der Waals surface area (Å²) in [5.74, 6) is 1.06. The molecule has 3 aliphatic rings. The van der Waals surface area contributed by atoms with E-state index in [0.717, 1.165) is 44.9 Å². The van der Waals surface area contributed by atoms with Crippen molar-refractivity contribution in [2.45, 2.75) is 65.7 Å². The quantitative estimate of drug-likeness (QED) is 0.303. The van der Waals surface area contributed by atoms with E-state index in [9.17, 15) is 10.0 Å². The molecule has 5 heteroatoms. The van der Waals surface area contributed by atoms with Crippen molar-refractivity contribution in [1.29, 1.82) is 0 Å². The standard InChI is InChI=1S/C26H35NO4/c1-5-24(2)16-13-21-18(17-24)7-12-22-25(21,3)14-6-15-26(22,4)23(28)31-20-10-8-19(9-11-20)27(29)30/h5,8-11,17,21-22,27,29H,1,6-7,12-16H2,2-4H3/t21-,22+,24+,25+,26+/m0/s1. The molecule has 2 fully saturated rings. The Kier molecular flexibility index (Phi) is 5.65. The van der Waals surface area contributed by atoms with Crippen LogP contribution in [0.25, 0.3) is 0 Å². The number of allylic oxidation sites excluding steroid dienone is 3. The number of esters is 1. The van der Waals surface area contributed by atoms with Crippen LogP contribution in [0.1, 0.15) is 65.7 Å². The molecule has 1 aromatic carbocycles. The Morgan fingerprint density at radius 2 is 1.90 bits per heavy atom. The number of hydrogen-bond donors (Lipinski definition) is 2. The Labute approximate surface area is 185 Å². The number of benzene rings is 1. The zero-order valence-corrected chi connectivity index (χ0v) is 18.9. The van der Waals surface area contributed by atoms with Crippen molar-refractivity contribution in [2.24, 2.45) is 28.1 Å². The van der Waals surface area contributed by atoms with Gasteiger partial charge in [-0.25, -0.2) is 5.21 Å². The lowest BCUT2D eigenvalue weighted by molar-refractivity contribution is -0.991. The molecule has 2 N–H and O–H groups in total. The Morgan fingerprint density at radius 3 is 2.55 bits per heavy atom. The lowest BCUT2D eigenvalue weighted by atomic mass is 9.45. The zero-order valence-electron chi connectivity index (χ0n) is 18.9. The van der Waals surface area contributed by atoms with Crippen LogP contribution in [0.5, 0.6) is 5.75 Å². The van der Waals surface area contributed by atoms with E-state index in [0.29, 0.717) is 11.7 Å². The number of rotatable bonds is 4. The van der Waals surface area contributed by atoms with Gasteiger partial charge in [-0.3, -0.25) is 4.79 Å². The fourth-order valence-electron chi connectivity index (χ4n) is 6.82. The van der Waals surface area contributed by atoms with Crippen LogP contribution >= 0.6 is 0 Å². The van der Waals surface area contributed by atoms with Crippen LogP contribution in [-0.2, 0) is 4.79 Å². The van der Waals surface area contributed by atoms with Gasteiger partial charge in [0.2, 0.25) is 0 Å². The summed E-state index contributed by atoms with van der Waals surface area (Å²) in [6, 6.07) is 6.11. The minimum atomic E-state index is -0.987. The van der Waals surface area contributed by atoms with Gasteiger partial charge in [0.15, 0.2) is 5.69 Å². The van der Waals surface area contributed by atoms with Gasteiger partial charge in [-0.05, 0) is 74.8 Å². The minimum absolute atomic E-state index is 0.0913. The SMILES string of the molecule is C=C[C@@]1(C)C=C2CC[C@@H]3[C@](C)(CCC[C@@]3(C)C(=O)Oc3ccc([NH+]([O-])O)cc3)[C@H]2CC1. The van der Waals surface area contributed by atoms with Crippen molar-refractivity contribution in [1.82, 2.24) is 0 Å². The molecule has 1 unspecified atom stereocenters. The fourth-order valence-corrected chi connectivity index (χ4v) is 6.82. The second-order valence-electron chi connectivity index (χ2n) is 10.6. The summed E-state index contributed by atoms with van der Waals surface area (Å²) in [6.45, 7) is 10.8. The molecule has 2 saturated carbocycles. The monoisotopic (exact) mass is 425 g/mol. The molecular weight excluding hydrogens is 390 g/mol. The van der Waals surface area contributed by atoms with Gasteiger partial charge < -0.3 is 9.94 Å². The minimum Gasteiger partial charge on any atom is -0.595 e. The first kappa shape index (κ1) is 22.3. The second-order valence-corrected chi connectivity index (χ2v) is 10.6. The van der Waals surface area contributed by atoms with Crippen molar-refractivity contribution < 1.29 is 20.0 Å². The van der Waals surface area contributed by atoms with Gasteiger partial charge in [-0.15, -0.1) is 6.58 Å². The van der Waals surface area contributed by atoms with Gasteiger partial charge in [0, 0.05) is 17.5 Å². The van der Waals surface area contributed by atoms with Gasteiger partial charge in [0.1, 0.15) is 5.75 Å². The molecular formula is C26H35NO4. The summed E-state index contributed by atoms with van der Waals surface area (Å²) in [5.41, 5.74) is 1.42. The average molecular weight is 426 g/mol. The molecule has 0 amide bonds. The lowest BCUT2D eigenvalue weighted by Crippen LogP contribution is -2.99. The number of nitrogens with one attached hydrogen (secondary N) is 1. The van der Waals surface area contributed by atoms with Crippen LogP contribution in [-0.4, -0.2) is 11.2 Å². The van der Waals surface area contributed by atoms with Crippen LogP contribution in [0.15, 0.2) is 48.6 Å². The molecule has 3 aliphatic carbocycles. The van der Waals surface area contributed by atoms with Crippen molar-refractivity contribution >= 4 is 11.7 Å². The molecule has 0 aromatic heterocycles. The summed E-state index contributed by atoms with van der Waals surface area (Å²) in [5, 5.41) is 19.2. The molecule has 6 atom stereocenters. The van der Waals surface area contributed by atoms with Crippen molar-refractivity contribution in [2.75, 3.05) is 0 Å². The highest BCUT2D eigenvalue weighted by Crippen LogP contribution is 2.64. The maximum Gasteiger partial charge on any atom is 0.317 e. The summed E-state index contributed by atoms with van der Waals surface area (Å²) in [4.78, 5) is 13.4. The number of carbonyl (C=O) groups is 1. The van der Waals surface area contributed by atoms with Crippen molar-refractivity contribution in [3.63, 3.8) is 0 Å². The summed E-state index contributed by atoms with van der Waals surface area (Å²) >= 11 is 0. The summed E-state index contributed by atoms with van der Waals surface area (Å²) in [6.07, 6.45) is 11.9. The number of carbonyl (C=O) groups excluding carboxylic acids is 1. The predicted molar refractivity (Wildman–Crippen MR) is 120 cm³/mol. The highest BCUT2D eigenvalue weighted by atomic mass is 16.8. The highest BCUT2D eigenvalue weighted by Gasteiger charge is 2.58. The molecule has 5 nitrogen and oxygen atoms in total. The first-order valence-electron chi connectivity index (χ1n) is 11.5. The van der Waals surface area contributed by atoms with E-state index in [2.05, 4.69) is 39.5 Å². The molecule has 0 aliphatic heterocycles. The van der Waals surface area contributed by atoms with Crippen LogP contribution in [0.2, 0.25) is 0 Å². The van der Waals surface area contributed by atoms with Crippen molar-refractivity contribution in [3.8, 4) is 5.75 Å². The third-order valence-electron chi connectivity index (χ3n) is 8.67. The van der Waals surface area contributed by atoms with Gasteiger partial charge in [0.25, 0.3) is 0 Å². The van der Waals surface area contributed by atoms with Crippen LogP contribution in [0.4, 0.5) is 5.69 Å². The van der Waals surface area contributed by atoms with Gasteiger partial charge in [-0.1, -0.05) is 38.0 Å². The van der Waals surface area contributed by atoms with E-state index in [4.69, 9.17) is 9.94 Å². The maximum absolute atomic E-state index is 13.4. The molecule has 0 heterocycles. The van der Waals surface area contributed by atoms with E-state index in [1.54, 1.807) is 17.7 Å². The number of hydrogen-bond acceptors (Lipinski definition) is 4. The van der Waals surface area contributed by atoms with Gasteiger partial charge in [-0.2, -0.15) is 5.23 Å². The largest absolute Gasteiger partial charge is 0.595 e. The van der Waals surface area contributed by atoms with E-state index >= 15 is 0 Å². The number of fused-ring (bicyclic) bond motifs is 3. The van der Waals surface area contributed by atoms with Crippen LogP contribution < -0.4 is 9.96 Å². The average Bonchev–Trinajstić information content (AvgIpc) is 2.73. The molecule has 31 heavy (non-hydrogen) atoms. The Balaban J connectivity index is 1.58. The Morgan fingerprint density at radius 1 is 1.19 bits per heavy atom. The molecule has 0 radical (unpaired) electrons. The summed E-state index contributed by atoms with van der Waals surface area (Å²) < 4.78 is 5.81. The molecule has 168 valence electrons. The Bertz CT molecular complexity index is 891. The van der Waals surface area contributed by atoms with Gasteiger partial charge >= 0.3 is 5.97 Å². The topological polar surface area (TPSA) is 74.0 Å². The van der Waals surface area contributed by atoms with Crippen LogP contribution in [0.3, 0.4) is 0 Å². The second kappa shape index (κ2) is 7.88. The summed E-state index contributed by atoms with van der Waals surface area (Å²) in [7, 11) is 0. The van der Waals surface area contributed by atoms with Crippen molar-refractivity contribution in [3.05, 3.63) is 53.8 Å². The van der Waals surface area contributed by atoms with E-state index in [-0.39, 0.29) is 28.4 Å². The normalized spacial score (nSPS) is 38.3. The third kappa shape index (κ3) is 3.77. The van der Waals surface area contributed by atoms with E-state index in [1.165, 1.54) is 12.1 Å². The third-order valence-corrected chi connectivity index (χ3v) is 8.67. The molecule has 4 rings (SSSR count). The first-order valence-corrected chi connectivity index (χ1v) is 11.5. The lowest BCUT2D eigenvalue weighted by Gasteiger charge is -2.59. The molecule has 0 bridgehead atoms. The van der Waals surface area contributed by atoms with Gasteiger partial charge in [0.05, 0.1) is 5.41 Å². The smallest absolute Gasteiger partial charge is 0.317 e. The first-order chi connectivity index (χ1) is 14.6. The molecule has 0 saturated heterocycles.